The van der Waals surface area contributed by atoms with Gasteiger partial charge in [-0.05, 0) is 50.1 Å². The lowest BCUT2D eigenvalue weighted by Crippen LogP contribution is -2.46. The fraction of sp³-hybridized carbons (Fsp3) is 0.560. The number of anilines is 2. The summed E-state index contributed by atoms with van der Waals surface area (Å²) in [5, 5.41) is 0.641. The second-order valence-electron chi connectivity index (χ2n) is 9.72. The highest BCUT2D eigenvalue weighted by Crippen LogP contribution is 2.32. The number of nitrogens with zero attached hydrogens (tertiary/aromatic N) is 6. The summed E-state index contributed by atoms with van der Waals surface area (Å²) >= 11 is 6.02. The molecule has 1 amide bonds. The minimum atomic E-state index is 0.0404. The zero-order valence-corrected chi connectivity index (χ0v) is 20.4. The Morgan fingerprint density at radius 2 is 1.64 bits per heavy atom. The smallest absolute Gasteiger partial charge is 0.254 e. The lowest BCUT2D eigenvalue weighted by molar-refractivity contribution is 0.0733. The number of carbonyl (C=O) groups excluding carboxylic acids is 1. The fourth-order valence-corrected chi connectivity index (χ4v) is 5.09. The van der Waals surface area contributed by atoms with Crippen LogP contribution in [0.4, 0.5) is 11.8 Å². The Bertz CT molecular complexity index is 997. The van der Waals surface area contributed by atoms with E-state index in [1.54, 1.807) is 24.3 Å². The van der Waals surface area contributed by atoms with Crippen molar-refractivity contribution in [1.82, 2.24) is 19.8 Å². The molecule has 5 rings (SSSR count). The van der Waals surface area contributed by atoms with Crippen LogP contribution in [0.1, 0.15) is 41.4 Å². The molecular formula is C25H33ClN6O. The monoisotopic (exact) mass is 468 g/mol. The van der Waals surface area contributed by atoms with Crippen molar-refractivity contribution in [3.05, 3.63) is 46.1 Å². The molecule has 8 heteroatoms. The van der Waals surface area contributed by atoms with E-state index in [-0.39, 0.29) is 5.91 Å². The number of hydrogen-bond donors (Lipinski definition) is 0. The van der Waals surface area contributed by atoms with Gasteiger partial charge in [0.25, 0.3) is 5.91 Å². The third-order valence-corrected chi connectivity index (χ3v) is 7.53. The molecule has 0 saturated carbocycles. The van der Waals surface area contributed by atoms with Gasteiger partial charge in [-0.3, -0.25) is 4.79 Å². The van der Waals surface area contributed by atoms with Gasteiger partial charge < -0.3 is 19.6 Å². The fourth-order valence-electron chi connectivity index (χ4n) is 4.96. The van der Waals surface area contributed by atoms with Gasteiger partial charge in [-0.1, -0.05) is 18.5 Å². The Kier molecular flexibility index (Phi) is 6.43. The van der Waals surface area contributed by atoms with Gasteiger partial charge in [-0.15, -0.1) is 0 Å². The highest BCUT2D eigenvalue weighted by atomic mass is 35.5. The van der Waals surface area contributed by atoms with Crippen molar-refractivity contribution in [2.75, 3.05) is 62.7 Å². The highest BCUT2D eigenvalue weighted by Gasteiger charge is 2.30. The predicted octanol–water partition coefficient (Wildman–Crippen LogP) is 3.32. The first kappa shape index (κ1) is 22.4. The number of amides is 1. The largest absolute Gasteiger partial charge is 0.356 e. The number of aromatic nitrogens is 2. The van der Waals surface area contributed by atoms with Gasteiger partial charge in [0.15, 0.2) is 0 Å². The standard InChI is InChI=1S/C25H33ClN6O/c1-18-7-10-30(11-8-18)23-21-17-32(24(33)19-3-5-20(26)6-4-19)12-9-22(21)27-25(28-23)31-15-13-29(2)14-16-31/h3-6,18H,7-17H2,1-2H3. The van der Waals surface area contributed by atoms with E-state index < -0.39 is 0 Å². The van der Waals surface area contributed by atoms with Crippen LogP contribution >= 0.6 is 11.6 Å². The number of benzene rings is 1. The molecule has 1 aromatic heterocycles. The number of piperidine rings is 1. The molecule has 3 aliphatic heterocycles. The van der Waals surface area contributed by atoms with Crippen LogP contribution in [-0.4, -0.2) is 78.5 Å². The van der Waals surface area contributed by atoms with E-state index in [1.165, 1.54) is 12.8 Å². The van der Waals surface area contributed by atoms with Gasteiger partial charge in [-0.25, -0.2) is 4.98 Å². The third kappa shape index (κ3) is 4.80. The topological polar surface area (TPSA) is 55.8 Å². The van der Waals surface area contributed by atoms with Crippen LogP contribution in [0, 0.1) is 5.92 Å². The van der Waals surface area contributed by atoms with Crippen molar-refractivity contribution in [1.29, 1.82) is 0 Å². The second kappa shape index (κ2) is 9.47. The summed E-state index contributed by atoms with van der Waals surface area (Å²) in [6.07, 6.45) is 3.11. The normalized spacial score (nSPS) is 20.2. The van der Waals surface area contributed by atoms with Crippen molar-refractivity contribution < 1.29 is 4.79 Å². The van der Waals surface area contributed by atoms with E-state index in [1.807, 2.05) is 4.90 Å². The van der Waals surface area contributed by atoms with Crippen LogP contribution in [0.25, 0.3) is 0 Å². The number of piperazine rings is 1. The molecule has 0 N–H and O–H groups in total. The van der Waals surface area contributed by atoms with E-state index in [4.69, 9.17) is 21.6 Å². The minimum Gasteiger partial charge on any atom is -0.356 e. The van der Waals surface area contributed by atoms with Crippen LogP contribution in [0.2, 0.25) is 5.02 Å². The number of fused-ring (bicyclic) bond motifs is 1. The van der Waals surface area contributed by atoms with Crippen molar-refractivity contribution in [2.24, 2.45) is 5.92 Å². The molecule has 0 bridgehead atoms. The molecule has 2 saturated heterocycles. The van der Waals surface area contributed by atoms with Gasteiger partial charge in [-0.2, -0.15) is 4.98 Å². The van der Waals surface area contributed by atoms with Crippen molar-refractivity contribution in [2.45, 2.75) is 32.7 Å². The quantitative estimate of drug-likeness (QED) is 0.688. The Hall–Kier alpha value is -2.38. The van der Waals surface area contributed by atoms with Crippen molar-refractivity contribution >= 4 is 29.3 Å². The van der Waals surface area contributed by atoms with Gasteiger partial charge in [0, 0.05) is 68.4 Å². The molecule has 0 spiro atoms. The zero-order chi connectivity index (χ0) is 22.9. The Morgan fingerprint density at radius 3 is 2.33 bits per heavy atom. The van der Waals surface area contributed by atoms with E-state index in [0.29, 0.717) is 23.7 Å². The summed E-state index contributed by atoms with van der Waals surface area (Å²) in [4.78, 5) is 32.4. The predicted molar refractivity (Wildman–Crippen MR) is 132 cm³/mol. The summed E-state index contributed by atoms with van der Waals surface area (Å²) in [7, 11) is 2.16. The van der Waals surface area contributed by atoms with Crippen LogP contribution in [0.3, 0.4) is 0 Å². The number of hydrogen-bond acceptors (Lipinski definition) is 6. The second-order valence-corrected chi connectivity index (χ2v) is 10.2. The SMILES string of the molecule is CC1CCN(c2nc(N3CCN(C)CC3)nc3c2CN(C(=O)c2ccc(Cl)cc2)CC3)CC1. The maximum Gasteiger partial charge on any atom is 0.254 e. The van der Waals surface area contributed by atoms with Crippen molar-refractivity contribution in [3.63, 3.8) is 0 Å². The van der Waals surface area contributed by atoms with Crippen LogP contribution in [0.15, 0.2) is 24.3 Å². The van der Waals surface area contributed by atoms with Gasteiger partial charge in [0.2, 0.25) is 5.95 Å². The van der Waals surface area contributed by atoms with Crippen LogP contribution in [-0.2, 0) is 13.0 Å². The average molecular weight is 469 g/mol. The molecule has 0 radical (unpaired) electrons. The number of halogens is 1. The summed E-state index contributed by atoms with van der Waals surface area (Å²) in [6, 6.07) is 7.16. The molecule has 33 heavy (non-hydrogen) atoms. The maximum absolute atomic E-state index is 13.2. The Labute approximate surface area is 201 Å². The number of carbonyl (C=O) groups is 1. The Morgan fingerprint density at radius 1 is 0.939 bits per heavy atom. The van der Waals surface area contributed by atoms with Crippen molar-refractivity contribution in [3.8, 4) is 0 Å². The molecule has 4 heterocycles. The number of rotatable bonds is 3. The molecule has 7 nitrogen and oxygen atoms in total. The summed E-state index contributed by atoms with van der Waals surface area (Å²) in [5.74, 6) is 2.68. The van der Waals surface area contributed by atoms with E-state index in [9.17, 15) is 4.79 Å². The minimum absolute atomic E-state index is 0.0404. The molecule has 176 valence electrons. The molecule has 0 atom stereocenters. The van der Waals surface area contributed by atoms with Gasteiger partial charge in [0.1, 0.15) is 5.82 Å². The first-order chi connectivity index (χ1) is 16.0. The highest BCUT2D eigenvalue weighted by molar-refractivity contribution is 6.30. The molecule has 1 aromatic carbocycles. The van der Waals surface area contributed by atoms with Gasteiger partial charge >= 0.3 is 0 Å². The summed E-state index contributed by atoms with van der Waals surface area (Å²) in [6.45, 7) is 9.54. The first-order valence-corrected chi connectivity index (χ1v) is 12.5. The molecule has 2 aromatic rings. The zero-order valence-electron chi connectivity index (χ0n) is 19.6. The van der Waals surface area contributed by atoms with Gasteiger partial charge in [0.05, 0.1) is 12.2 Å². The van der Waals surface area contributed by atoms with E-state index in [0.717, 1.165) is 74.6 Å². The molecule has 0 aliphatic carbocycles. The average Bonchev–Trinajstić information content (AvgIpc) is 2.84. The number of likely N-dealkylation sites (N-methyl/N-ethyl adjacent to an activating group) is 1. The first-order valence-electron chi connectivity index (χ1n) is 12.1. The molecule has 0 unspecified atom stereocenters. The molecule has 2 fully saturated rings. The Balaban J connectivity index is 1.45. The summed E-state index contributed by atoms with van der Waals surface area (Å²) in [5.41, 5.74) is 2.90. The third-order valence-electron chi connectivity index (χ3n) is 7.27. The van der Waals surface area contributed by atoms with Crippen LogP contribution in [0.5, 0.6) is 0 Å². The van der Waals surface area contributed by atoms with Crippen LogP contribution < -0.4 is 9.80 Å². The summed E-state index contributed by atoms with van der Waals surface area (Å²) < 4.78 is 0. The molecule has 3 aliphatic rings. The van der Waals surface area contributed by atoms with E-state index >= 15 is 0 Å². The van der Waals surface area contributed by atoms with E-state index in [2.05, 4.69) is 28.7 Å². The lowest BCUT2D eigenvalue weighted by atomic mass is 9.98. The molecular weight excluding hydrogens is 436 g/mol. The maximum atomic E-state index is 13.2. The lowest BCUT2D eigenvalue weighted by Gasteiger charge is -2.38.